The van der Waals surface area contributed by atoms with Crippen LogP contribution >= 0.6 is 0 Å². The van der Waals surface area contributed by atoms with Gasteiger partial charge in [0.05, 0.1) is 34.2 Å². The molecule has 0 saturated heterocycles. The number of nitrogens with one attached hydrogen (secondary N) is 3. The largest absolute Gasteiger partial charge is 0.508 e. The van der Waals surface area contributed by atoms with Gasteiger partial charge < -0.3 is 50.2 Å². The molecule has 5 aromatic rings. The van der Waals surface area contributed by atoms with Gasteiger partial charge in [0.2, 0.25) is 0 Å². The van der Waals surface area contributed by atoms with Crippen molar-refractivity contribution >= 4 is 57.3 Å². The van der Waals surface area contributed by atoms with E-state index in [0.717, 1.165) is 11.8 Å². The first-order chi connectivity index (χ1) is 33.1. The number of aromatic hydroxyl groups is 1. The molecule has 4 aliphatic rings. The summed E-state index contributed by atoms with van der Waals surface area (Å²) in [5, 5.41) is 55.2. The minimum Gasteiger partial charge on any atom is -0.508 e. The van der Waals surface area contributed by atoms with Crippen LogP contribution in [-0.4, -0.2) is 69.2 Å². The van der Waals surface area contributed by atoms with Gasteiger partial charge in [0.1, 0.15) is 34.1 Å². The van der Waals surface area contributed by atoms with Crippen molar-refractivity contribution in [1.29, 1.82) is 5.41 Å². The van der Waals surface area contributed by atoms with Crippen LogP contribution < -0.4 is 26.3 Å². The summed E-state index contributed by atoms with van der Waals surface area (Å²) < 4.78 is 12.3. The van der Waals surface area contributed by atoms with E-state index in [4.69, 9.17) is 14.2 Å². The number of anilines is 1. The molecule has 342 valence electrons. The Kier molecular flexibility index (Phi) is 11.4. The first-order valence-electron chi connectivity index (χ1n) is 21.0. The number of phenolic OH excluding ortho intramolecular Hbond substituents is 1. The highest BCUT2D eigenvalue weighted by Crippen LogP contribution is 2.44. The molecule has 0 atom stereocenters. The number of pyridine rings is 1. The van der Waals surface area contributed by atoms with E-state index in [2.05, 4.69) is 15.6 Å². The molecule has 0 fully saturated rings. The van der Waals surface area contributed by atoms with Gasteiger partial charge in [-0.3, -0.25) is 19.4 Å². The van der Waals surface area contributed by atoms with Crippen molar-refractivity contribution < 1.29 is 53.2 Å². The van der Waals surface area contributed by atoms with Gasteiger partial charge in [0.25, 0.3) is 11.8 Å². The maximum Gasteiger partial charge on any atom is 0.336 e. The maximum atomic E-state index is 13.5. The van der Waals surface area contributed by atoms with Crippen molar-refractivity contribution in [3.8, 4) is 50.7 Å². The van der Waals surface area contributed by atoms with Crippen molar-refractivity contribution in [2.24, 2.45) is 0 Å². The number of phenols is 1. The number of rotatable bonds is 12. The lowest BCUT2D eigenvalue weighted by atomic mass is 9.88. The van der Waals surface area contributed by atoms with Crippen LogP contribution in [0, 0.1) is 5.41 Å². The maximum absolute atomic E-state index is 13.5. The number of aromatic nitrogens is 1. The zero-order valence-corrected chi connectivity index (χ0v) is 36.4. The molecule has 2 amide bonds. The predicted octanol–water partition coefficient (Wildman–Crippen LogP) is 7.68. The van der Waals surface area contributed by atoms with Crippen molar-refractivity contribution in [3.63, 3.8) is 0 Å². The minimum atomic E-state index is -1.41. The Labute approximate surface area is 389 Å². The second-order valence-corrected chi connectivity index (χ2v) is 16.2. The van der Waals surface area contributed by atoms with Crippen molar-refractivity contribution in [3.05, 3.63) is 176 Å². The molecule has 4 aromatic carbocycles. The molecule has 0 bridgehead atoms. The molecule has 0 spiro atoms. The predicted molar refractivity (Wildman–Crippen MR) is 252 cm³/mol. The minimum absolute atomic E-state index is 0.00730. The lowest BCUT2D eigenvalue weighted by molar-refractivity contribution is 0.0682. The van der Waals surface area contributed by atoms with Crippen molar-refractivity contribution in [2.75, 3.05) is 19.0 Å². The molecule has 7 N–H and O–H groups in total. The molecule has 17 nitrogen and oxygen atoms in total. The third kappa shape index (κ3) is 8.42. The van der Waals surface area contributed by atoms with E-state index in [1.54, 1.807) is 30.3 Å². The Morgan fingerprint density at radius 3 is 1.91 bits per heavy atom. The van der Waals surface area contributed by atoms with E-state index in [0.29, 0.717) is 44.4 Å². The van der Waals surface area contributed by atoms with Crippen LogP contribution in [0.25, 0.3) is 66.8 Å². The first kappa shape index (κ1) is 44.6. The van der Waals surface area contributed by atoms with Gasteiger partial charge in [0.15, 0.2) is 5.43 Å². The second-order valence-electron chi connectivity index (χ2n) is 16.2. The van der Waals surface area contributed by atoms with Crippen LogP contribution in [0.15, 0.2) is 135 Å². The Balaban J connectivity index is 0.934. The van der Waals surface area contributed by atoms with Gasteiger partial charge in [-0.1, -0.05) is 18.2 Å². The molecular weight excluding hydrogens is 887 g/mol. The molecule has 3 heterocycles. The van der Waals surface area contributed by atoms with Gasteiger partial charge in [-0.05, 0) is 95.6 Å². The fourth-order valence-electron chi connectivity index (χ4n) is 8.24. The Bertz CT molecular complexity index is 3690. The monoisotopic (exact) mass is 923 g/mol. The molecule has 2 aliphatic heterocycles. The van der Waals surface area contributed by atoms with E-state index in [1.165, 1.54) is 66.9 Å². The van der Waals surface area contributed by atoms with Crippen LogP contribution in [-0.2, 0) is 13.1 Å². The topological polar surface area (TPSA) is 274 Å². The quantitative estimate of drug-likeness (QED) is 0.0579. The number of carboxylic acids is 3. The van der Waals surface area contributed by atoms with Crippen LogP contribution in [0.1, 0.15) is 63.0 Å². The number of carbonyl (C=O) groups is 5. The summed E-state index contributed by atoms with van der Waals surface area (Å²) in [6, 6.07) is 28.2. The summed E-state index contributed by atoms with van der Waals surface area (Å²) >= 11 is 0. The number of amides is 2. The molecule has 9 rings (SSSR count). The third-order valence-electron chi connectivity index (χ3n) is 11.6. The summed E-state index contributed by atoms with van der Waals surface area (Å²) in [7, 11) is 3.76. The molecule has 0 radical (unpaired) electrons. The van der Waals surface area contributed by atoms with Crippen LogP contribution in [0.3, 0.4) is 0 Å². The molecule has 0 unspecified atom stereocenters. The van der Waals surface area contributed by atoms with Crippen LogP contribution in [0.4, 0.5) is 5.69 Å². The molecule has 2 aliphatic carbocycles. The normalized spacial score (nSPS) is 11.2. The average molecular weight is 924 g/mol. The molecular formula is C52H37N5O12. The number of hydrogen-bond donors (Lipinski definition) is 7. The molecule has 0 saturated carbocycles. The highest BCUT2D eigenvalue weighted by molar-refractivity contribution is 6.11. The Morgan fingerprint density at radius 2 is 1.25 bits per heavy atom. The summed E-state index contributed by atoms with van der Waals surface area (Å²) in [5.74, 6) is -5.06. The van der Waals surface area contributed by atoms with Crippen LogP contribution in [0.5, 0.6) is 5.75 Å². The fourth-order valence-corrected chi connectivity index (χ4v) is 8.24. The zero-order chi connectivity index (χ0) is 48.8. The number of carboxylic acid groups (broad SMARTS) is 3. The van der Waals surface area contributed by atoms with Gasteiger partial charge >= 0.3 is 17.9 Å². The fraction of sp³-hybridized carbons (Fsp3) is 0.0769. The van der Waals surface area contributed by atoms with Crippen molar-refractivity contribution in [2.45, 2.75) is 13.1 Å². The lowest BCUT2D eigenvalue weighted by Crippen LogP contribution is -2.27. The van der Waals surface area contributed by atoms with E-state index in [9.17, 15) is 49.2 Å². The molecule has 69 heavy (non-hydrogen) atoms. The van der Waals surface area contributed by atoms with E-state index in [1.807, 2.05) is 37.2 Å². The number of carbonyl (C=O) groups excluding carboxylic acids is 2. The highest BCUT2D eigenvalue weighted by atomic mass is 16.4. The third-order valence-corrected chi connectivity index (χ3v) is 11.6. The van der Waals surface area contributed by atoms with Crippen molar-refractivity contribution in [1.82, 2.24) is 15.6 Å². The SMILES string of the molecule is CN(C)c1ccc2c(-c3ccc(C(=O)NCc4ccc(C(=O)NCc5c6oc7cc(O)ccc7c(-c7ccc(C(=O)O)cc7C(=O)O)c-6ccc5=O)nc4)cc3C(=O)O)c3ccc(=N)cc-3oc2c1. The zero-order valence-electron chi connectivity index (χ0n) is 36.4. The van der Waals surface area contributed by atoms with Crippen LogP contribution in [0.2, 0.25) is 0 Å². The standard InChI is InChI=1S/C52H37N5O12/c1-57(2)29-7-12-34-43(20-29)68-42-19-28(53)6-11-33(42)45(34)31-9-4-26(17-37(31)51(64)65)48(60)55-23-25-3-15-40(54-22-25)49(61)56-24-39-41(59)16-14-36-46(35-13-8-30(58)21-44(35)69-47(36)39)32-10-5-27(50(62)63)18-38(32)52(66)67/h3-22,53,58H,23-24H2,1-2H3,(H,55,60)(H,56,61)(H,62,63)(H,64,65)(H,66,67). The highest BCUT2D eigenvalue weighted by Gasteiger charge is 2.27. The average Bonchev–Trinajstić information content (AvgIpc) is 3.33. The number of fused-ring (bicyclic) bond motifs is 4. The summed E-state index contributed by atoms with van der Waals surface area (Å²) in [6.45, 7) is -0.402. The lowest BCUT2D eigenvalue weighted by Gasteiger charge is -2.19. The Morgan fingerprint density at radius 1 is 0.623 bits per heavy atom. The number of nitrogens with zero attached hydrogens (tertiary/aromatic N) is 2. The summed E-state index contributed by atoms with van der Waals surface area (Å²) in [4.78, 5) is 83.3. The van der Waals surface area contributed by atoms with E-state index in [-0.39, 0.29) is 85.7 Å². The number of aromatic carboxylic acids is 3. The second kappa shape index (κ2) is 17.6. The van der Waals surface area contributed by atoms with Gasteiger partial charge in [-0.15, -0.1) is 0 Å². The first-order valence-corrected chi connectivity index (χ1v) is 21.0. The number of benzene rings is 6. The van der Waals surface area contributed by atoms with E-state index < -0.39 is 35.2 Å². The summed E-state index contributed by atoms with van der Waals surface area (Å²) in [5.41, 5.74) is 2.87. The number of hydrogen-bond acceptors (Lipinski definition) is 12. The van der Waals surface area contributed by atoms with Gasteiger partial charge in [-0.25, -0.2) is 14.4 Å². The molecule has 17 heteroatoms. The molecule has 1 aromatic heterocycles. The Hall–Kier alpha value is -9.64. The van der Waals surface area contributed by atoms with Gasteiger partial charge in [0, 0.05) is 89.3 Å². The summed E-state index contributed by atoms with van der Waals surface area (Å²) in [6.07, 6.45) is 1.37. The van der Waals surface area contributed by atoms with Gasteiger partial charge in [-0.2, -0.15) is 0 Å². The smallest absolute Gasteiger partial charge is 0.336 e. The van der Waals surface area contributed by atoms with E-state index >= 15 is 0 Å².